The summed E-state index contributed by atoms with van der Waals surface area (Å²) in [7, 11) is 2.13. The molecule has 1 aromatic carbocycles. The Morgan fingerprint density at radius 1 is 1.26 bits per heavy atom. The van der Waals surface area contributed by atoms with Crippen molar-refractivity contribution in [2.75, 3.05) is 7.05 Å². The summed E-state index contributed by atoms with van der Waals surface area (Å²) >= 11 is 0. The highest BCUT2D eigenvalue weighted by molar-refractivity contribution is 5.29. The molecule has 1 fully saturated rings. The highest BCUT2D eigenvalue weighted by Crippen LogP contribution is 2.45. The largest absolute Gasteiger partial charge is 0.316 e. The minimum atomic E-state index is 0.358. The Bertz CT molecular complexity index is 376. The van der Waals surface area contributed by atoms with Crippen LogP contribution < -0.4 is 5.32 Å². The van der Waals surface area contributed by atoms with Crippen molar-refractivity contribution in [3.05, 3.63) is 48.6 Å². The van der Waals surface area contributed by atoms with Gasteiger partial charge in [0.15, 0.2) is 0 Å². The fraction of sp³-hybridized carbons (Fsp3) is 0.556. The van der Waals surface area contributed by atoms with Gasteiger partial charge in [-0.25, -0.2) is 0 Å². The Morgan fingerprint density at radius 3 is 2.53 bits per heavy atom. The van der Waals surface area contributed by atoms with E-state index >= 15 is 0 Å². The molecule has 19 heavy (non-hydrogen) atoms. The molecule has 1 aliphatic rings. The molecule has 2 rings (SSSR count). The standard InChI is InChI=1S/C18H27N/c1-3-4-6-13-17(19-2)18(14-9-10-15-18)16-11-7-5-8-12-16/h3,5,7-8,11-12,17,19H,1,4,6,9-10,13-15H2,2H3. The number of rotatable bonds is 7. The van der Waals surface area contributed by atoms with Crippen molar-refractivity contribution in [1.82, 2.24) is 5.32 Å². The molecule has 0 aliphatic heterocycles. The molecular formula is C18H27N. The van der Waals surface area contributed by atoms with Gasteiger partial charge in [0.25, 0.3) is 0 Å². The van der Waals surface area contributed by atoms with Crippen LogP contribution >= 0.6 is 0 Å². The maximum atomic E-state index is 3.84. The summed E-state index contributed by atoms with van der Waals surface area (Å²) in [5, 5.41) is 3.61. The van der Waals surface area contributed by atoms with Gasteiger partial charge >= 0.3 is 0 Å². The van der Waals surface area contributed by atoms with E-state index in [1.165, 1.54) is 44.1 Å². The number of hydrogen-bond donors (Lipinski definition) is 1. The van der Waals surface area contributed by atoms with E-state index in [4.69, 9.17) is 0 Å². The predicted molar refractivity (Wildman–Crippen MR) is 83.5 cm³/mol. The average molecular weight is 257 g/mol. The molecule has 104 valence electrons. The topological polar surface area (TPSA) is 12.0 Å². The van der Waals surface area contributed by atoms with Crippen molar-refractivity contribution in [3.63, 3.8) is 0 Å². The molecule has 1 atom stereocenters. The lowest BCUT2D eigenvalue weighted by molar-refractivity contribution is 0.291. The van der Waals surface area contributed by atoms with E-state index < -0.39 is 0 Å². The fourth-order valence-corrected chi connectivity index (χ4v) is 3.78. The first-order chi connectivity index (χ1) is 9.33. The lowest BCUT2D eigenvalue weighted by atomic mass is 9.71. The third-order valence-corrected chi connectivity index (χ3v) is 4.76. The number of unbranched alkanes of at least 4 members (excludes halogenated alkanes) is 1. The van der Waals surface area contributed by atoms with Crippen molar-refractivity contribution in [2.45, 2.75) is 56.4 Å². The zero-order chi connectivity index (χ0) is 13.6. The van der Waals surface area contributed by atoms with E-state index in [0.29, 0.717) is 11.5 Å². The van der Waals surface area contributed by atoms with Gasteiger partial charge in [-0.05, 0) is 44.7 Å². The Balaban J connectivity index is 2.20. The summed E-state index contributed by atoms with van der Waals surface area (Å²) in [6.45, 7) is 3.84. The molecular weight excluding hydrogens is 230 g/mol. The predicted octanol–water partition coefficient (Wildman–Crippen LogP) is 4.44. The first-order valence-corrected chi connectivity index (χ1v) is 7.67. The monoisotopic (exact) mass is 257 g/mol. The zero-order valence-electron chi connectivity index (χ0n) is 12.2. The first kappa shape index (κ1) is 14.3. The van der Waals surface area contributed by atoms with Gasteiger partial charge in [-0.3, -0.25) is 0 Å². The minimum Gasteiger partial charge on any atom is -0.316 e. The Labute approximate surface area is 118 Å². The molecule has 0 aromatic heterocycles. The number of nitrogens with one attached hydrogen (secondary N) is 1. The van der Waals surface area contributed by atoms with Crippen LogP contribution in [0, 0.1) is 0 Å². The molecule has 1 aromatic rings. The van der Waals surface area contributed by atoms with Gasteiger partial charge < -0.3 is 5.32 Å². The number of likely N-dealkylation sites (N-methyl/N-ethyl adjacent to an activating group) is 1. The lowest BCUT2D eigenvalue weighted by Crippen LogP contribution is -2.45. The van der Waals surface area contributed by atoms with Crippen LogP contribution in [0.4, 0.5) is 0 Å². The quantitative estimate of drug-likeness (QED) is 0.562. The van der Waals surface area contributed by atoms with E-state index in [1.54, 1.807) is 0 Å². The van der Waals surface area contributed by atoms with Gasteiger partial charge in [-0.2, -0.15) is 0 Å². The summed E-state index contributed by atoms with van der Waals surface area (Å²) in [6, 6.07) is 11.7. The molecule has 1 N–H and O–H groups in total. The van der Waals surface area contributed by atoms with Gasteiger partial charge in [0.1, 0.15) is 0 Å². The van der Waals surface area contributed by atoms with Crippen molar-refractivity contribution < 1.29 is 0 Å². The minimum absolute atomic E-state index is 0.358. The smallest absolute Gasteiger partial charge is 0.0161 e. The molecule has 1 nitrogen and oxygen atoms in total. The molecule has 0 spiro atoms. The molecule has 0 amide bonds. The van der Waals surface area contributed by atoms with Crippen molar-refractivity contribution in [1.29, 1.82) is 0 Å². The number of benzene rings is 1. The second-order valence-corrected chi connectivity index (χ2v) is 5.79. The molecule has 0 saturated heterocycles. The van der Waals surface area contributed by atoms with Crippen LogP contribution in [-0.4, -0.2) is 13.1 Å². The van der Waals surface area contributed by atoms with Gasteiger partial charge in [0, 0.05) is 11.5 Å². The van der Waals surface area contributed by atoms with Gasteiger partial charge in [0.2, 0.25) is 0 Å². The van der Waals surface area contributed by atoms with Gasteiger partial charge in [0.05, 0.1) is 0 Å². The highest BCUT2D eigenvalue weighted by Gasteiger charge is 2.41. The fourth-order valence-electron chi connectivity index (χ4n) is 3.78. The van der Waals surface area contributed by atoms with Crippen LogP contribution in [0.2, 0.25) is 0 Å². The number of hydrogen-bond acceptors (Lipinski definition) is 1. The van der Waals surface area contributed by atoms with Crippen molar-refractivity contribution in [2.24, 2.45) is 0 Å². The van der Waals surface area contributed by atoms with Crippen molar-refractivity contribution in [3.8, 4) is 0 Å². The van der Waals surface area contributed by atoms with E-state index in [2.05, 4.69) is 49.3 Å². The average Bonchev–Trinajstić information content (AvgIpc) is 2.95. The third-order valence-electron chi connectivity index (χ3n) is 4.76. The van der Waals surface area contributed by atoms with Crippen molar-refractivity contribution >= 4 is 0 Å². The maximum Gasteiger partial charge on any atom is 0.0161 e. The van der Waals surface area contributed by atoms with E-state index in [9.17, 15) is 0 Å². The van der Waals surface area contributed by atoms with Crippen LogP contribution in [-0.2, 0) is 5.41 Å². The Morgan fingerprint density at radius 2 is 1.95 bits per heavy atom. The molecule has 0 heterocycles. The maximum absolute atomic E-state index is 3.84. The van der Waals surface area contributed by atoms with E-state index in [-0.39, 0.29) is 0 Å². The summed E-state index contributed by atoms with van der Waals surface area (Å²) in [5.41, 5.74) is 1.89. The Hall–Kier alpha value is -1.08. The Kier molecular flexibility index (Phi) is 5.21. The second-order valence-electron chi connectivity index (χ2n) is 5.79. The first-order valence-electron chi connectivity index (χ1n) is 7.67. The third kappa shape index (κ3) is 3.09. The zero-order valence-corrected chi connectivity index (χ0v) is 12.2. The van der Waals surface area contributed by atoms with Crippen LogP contribution in [0.1, 0.15) is 50.5 Å². The van der Waals surface area contributed by atoms with E-state index in [1.807, 2.05) is 6.08 Å². The normalized spacial score (nSPS) is 19.2. The molecule has 1 heteroatoms. The highest BCUT2D eigenvalue weighted by atomic mass is 14.9. The summed E-state index contributed by atoms with van der Waals surface area (Å²) < 4.78 is 0. The lowest BCUT2D eigenvalue weighted by Gasteiger charge is -2.38. The van der Waals surface area contributed by atoms with Gasteiger partial charge in [-0.1, -0.05) is 49.2 Å². The molecule has 1 saturated carbocycles. The summed E-state index contributed by atoms with van der Waals surface area (Å²) in [5.74, 6) is 0. The molecule has 1 unspecified atom stereocenters. The van der Waals surface area contributed by atoms with Gasteiger partial charge in [-0.15, -0.1) is 6.58 Å². The number of allylic oxidation sites excluding steroid dienone is 1. The molecule has 0 radical (unpaired) electrons. The van der Waals surface area contributed by atoms with E-state index in [0.717, 1.165) is 6.42 Å². The summed E-state index contributed by atoms with van der Waals surface area (Å²) in [6.07, 6.45) is 11.1. The molecule has 0 bridgehead atoms. The SMILES string of the molecule is C=CCCCC(NC)C1(c2ccccc2)CCCC1. The summed E-state index contributed by atoms with van der Waals surface area (Å²) in [4.78, 5) is 0. The second kappa shape index (κ2) is 6.91. The van der Waals surface area contributed by atoms with Crippen LogP contribution in [0.25, 0.3) is 0 Å². The molecule has 1 aliphatic carbocycles. The van der Waals surface area contributed by atoms with Crippen LogP contribution in [0.5, 0.6) is 0 Å². The van der Waals surface area contributed by atoms with Crippen LogP contribution in [0.15, 0.2) is 43.0 Å². The van der Waals surface area contributed by atoms with Crippen LogP contribution in [0.3, 0.4) is 0 Å².